The van der Waals surface area contributed by atoms with Crippen LogP contribution in [0.25, 0.3) is 0 Å². The molecule has 25 heavy (non-hydrogen) atoms. The van der Waals surface area contributed by atoms with Crippen LogP contribution in [0.2, 0.25) is 0 Å². The molecule has 5 nitrogen and oxygen atoms in total. The van der Waals surface area contributed by atoms with E-state index >= 15 is 0 Å². The van der Waals surface area contributed by atoms with Crippen molar-refractivity contribution in [3.63, 3.8) is 0 Å². The highest BCUT2D eigenvalue weighted by Gasteiger charge is 2.21. The molecule has 5 heteroatoms. The van der Waals surface area contributed by atoms with E-state index in [2.05, 4.69) is 36.5 Å². The van der Waals surface area contributed by atoms with E-state index in [-0.39, 0.29) is 11.9 Å². The van der Waals surface area contributed by atoms with Gasteiger partial charge < -0.3 is 10.2 Å². The molecule has 2 aromatic carbocycles. The molecule has 130 valence electrons. The lowest BCUT2D eigenvalue weighted by molar-refractivity contribution is 0.0785. The number of anilines is 1. The van der Waals surface area contributed by atoms with E-state index in [1.807, 2.05) is 12.1 Å². The fourth-order valence-electron chi connectivity index (χ4n) is 2.95. The van der Waals surface area contributed by atoms with E-state index in [0.29, 0.717) is 25.2 Å². The zero-order valence-corrected chi connectivity index (χ0v) is 14.7. The third-order valence-corrected chi connectivity index (χ3v) is 4.48. The van der Waals surface area contributed by atoms with Crippen LogP contribution in [0.5, 0.6) is 0 Å². The van der Waals surface area contributed by atoms with Crippen LogP contribution in [-0.2, 0) is 13.0 Å². The van der Waals surface area contributed by atoms with E-state index in [4.69, 9.17) is 0 Å². The minimum absolute atomic E-state index is 0.0306. The lowest BCUT2D eigenvalue weighted by Gasteiger charge is -2.19. The molecule has 0 saturated carbocycles. The van der Waals surface area contributed by atoms with Gasteiger partial charge in [-0.15, -0.1) is 0 Å². The fraction of sp³-hybridized carbons (Fsp3) is 0.300. The van der Waals surface area contributed by atoms with Crippen LogP contribution in [-0.4, -0.2) is 37.0 Å². The van der Waals surface area contributed by atoms with Crippen LogP contribution in [0.4, 0.5) is 10.5 Å². The molecule has 0 aromatic heterocycles. The first-order valence-corrected chi connectivity index (χ1v) is 8.57. The highest BCUT2D eigenvalue weighted by Crippen LogP contribution is 2.18. The Morgan fingerprint density at radius 3 is 2.28 bits per heavy atom. The Balaban J connectivity index is 1.66. The summed E-state index contributed by atoms with van der Waals surface area (Å²) in [5, 5.41) is 2.77. The first-order valence-electron chi connectivity index (χ1n) is 8.57. The van der Waals surface area contributed by atoms with E-state index in [0.717, 1.165) is 17.7 Å². The third kappa shape index (κ3) is 3.82. The Morgan fingerprint density at radius 1 is 1.08 bits per heavy atom. The molecule has 0 atom stereocenters. The number of hydrogen-bond donors (Lipinski definition) is 1. The van der Waals surface area contributed by atoms with Crippen molar-refractivity contribution in [1.29, 1.82) is 0 Å². The highest BCUT2D eigenvalue weighted by atomic mass is 16.2. The van der Waals surface area contributed by atoms with Gasteiger partial charge in [-0.3, -0.25) is 9.69 Å². The van der Waals surface area contributed by atoms with Crippen molar-refractivity contribution in [2.45, 2.75) is 19.9 Å². The van der Waals surface area contributed by atoms with Crippen molar-refractivity contribution < 1.29 is 9.59 Å². The van der Waals surface area contributed by atoms with Crippen molar-refractivity contribution in [3.05, 3.63) is 65.2 Å². The van der Waals surface area contributed by atoms with Gasteiger partial charge in [-0.2, -0.15) is 0 Å². The predicted octanol–water partition coefficient (Wildman–Crippen LogP) is 3.05. The van der Waals surface area contributed by atoms with Gasteiger partial charge in [0.1, 0.15) is 0 Å². The van der Waals surface area contributed by atoms with Crippen LogP contribution in [0, 0.1) is 0 Å². The lowest BCUT2D eigenvalue weighted by atomic mass is 10.1. The first-order chi connectivity index (χ1) is 12.1. The van der Waals surface area contributed by atoms with Crippen LogP contribution < -0.4 is 10.2 Å². The zero-order valence-electron chi connectivity index (χ0n) is 14.7. The first kappa shape index (κ1) is 17.0. The average Bonchev–Trinajstić information content (AvgIpc) is 3.08. The number of rotatable bonds is 5. The molecule has 1 N–H and O–H groups in total. The molecule has 0 bridgehead atoms. The Labute approximate surface area is 148 Å². The van der Waals surface area contributed by atoms with Crippen LogP contribution >= 0.6 is 0 Å². The van der Waals surface area contributed by atoms with E-state index < -0.39 is 0 Å². The van der Waals surface area contributed by atoms with Gasteiger partial charge in [-0.1, -0.05) is 31.2 Å². The van der Waals surface area contributed by atoms with Gasteiger partial charge in [-0.25, -0.2) is 4.79 Å². The molecule has 0 unspecified atom stereocenters. The third-order valence-electron chi connectivity index (χ3n) is 4.48. The summed E-state index contributed by atoms with van der Waals surface area (Å²) in [6.45, 7) is 4.00. The lowest BCUT2D eigenvalue weighted by Crippen LogP contribution is -2.28. The van der Waals surface area contributed by atoms with Gasteiger partial charge in [0.15, 0.2) is 0 Å². The summed E-state index contributed by atoms with van der Waals surface area (Å²) in [5.74, 6) is -0.0306. The number of nitrogens with zero attached hydrogens (tertiary/aromatic N) is 2. The van der Waals surface area contributed by atoms with Crippen molar-refractivity contribution in [1.82, 2.24) is 10.2 Å². The summed E-state index contributed by atoms with van der Waals surface area (Å²) in [4.78, 5) is 27.7. The fourth-order valence-corrected chi connectivity index (χ4v) is 2.95. The average molecular weight is 337 g/mol. The van der Waals surface area contributed by atoms with Crippen molar-refractivity contribution in [2.75, 3.05) is 25.0 Å². The second-order valence-electron chi connectivity index (χ2n) is 6.26. The molecule has 1 aliphatic rings. The topological polar surface area (TPSA) is 52.7 Å². The summed E-state index contributed by atoms with van der Waals surface area (Å²) >= 11 is 0. The number of aryl methyl sites for hydroxylation is 1. The summed E-state index contributed by atoms with van der Waals surface area (Å²) < 4.78 is 0. The van der Waals surface area contributed by atoms with Crippen LogP contribution in [0.3, 0.4) is 0 Å². The quantitative estimate of drug-likeness (QED) is 0.912. The van der Waals surface area contributed by atoms with Gasteiger partial charge in [-0.05, 0) is 41.8 Å². The predicted molar refractivity (Wildman–Crippen MR) is 98.8 cm³/mol. The second kappa shape index (κ2) is 7.38. The summed E-state index contributed by atoms with van der Waals surface area (Å²) in [7, 11) is 1.80. The van der Waals surface area contributed by atoms with Crippen molar-refractivity contribution >= 4 is 17.6 Å². The van der Waals surface area contributed by atoms with E-state index in [1.165, 1.54) is 5.56 Å². The molecular formula is C20H23N3O2. The molecule has 0 spiro atoms. The summed E-state index contributed by atoms with van der Waals surface area (Å²) in [6, 6.07) is 15.4. The molecule has 2 aromatic rings. The smallest absolute Gasteiger partial charge is 0.321 e. The monoisotopic (exact) mass is 337 g/mol. The standard InChI is InChI=1S/C20H23N3O2/c1-3-15-4-6-16(7-5-15)14-22(2)19(24)17-8-10-18(11-9-17)23-13-12-21-20(23)25/h4-11H,3,12-14H2,1-2H3,(H,21,25). The van der Waals surface area contributed by atoms with Crippen LogP contribution in [0.15, 0.2) is 48.5 Å². The number of carbonyl (C=O) groups excluding carboxylic acids is 2. The van der Waals surface area contributed by atoms with Gasteiger partial charge >= 0.3 is 6.03 Å². The molecule has 1 fully saturated rings. The number of amides is 3. The SMILES string of the molecule is CCc1ccc(CN(C)C(=O)c2ccc(N3CCNC3=O)cc2)cc1. The number of benzene rings is 2. The number of carbonyl (C=O) groups is 2. The van der Waals surface area contributed by atoms with Crippen LogP contribution in [0.1, 0.15) is 28.4 Å². The maximum atomic E-state index is 12.6. The largest absolute Gasteiger partial charge is 0.337 e. The maximum absolute atomic E-state index is 12.6. The minimum Gasteiger partial charge on any atom is -0.337 e. The Bertz CT molecular complexity index is 754. The van der Waals surface area contributed by atoms with Crippen molar-refractivity contribution in [3.8, 4) is 0 Å². The molecule has 3 amide bonds. The van der Waals surface area contributed by atoms with Gasteiger partial charge in [0, 0.05) is 37.9 Å². The van der Waals surface area contributed by atoms with Gasteiger partial charge in [0.05, 0.1) is 0 Å². The van der Waals surface area contributed by atoms with Gasteiger partial charge in [0.2, 0.25) is 0 Å². The molecule has 1 heterocycles. The maximum Gasteiger partial charge on any atom is 0.321 e. The Hall–Kier alpha value is -2.82. The van der Waals surface area contributed by atoms with E-state index in [1.54, 1.807) is 29.0 Å². The zero-order chi connectivity index (χ0) is 17.8. The molecule has 3 rings (SSSR count). The second-order valence-corrected chi connectivity index (χ2v) is 6.26. The summed E-state index contributed by atoms with van der Waals surface area (Å²) in [6.07, 6.45) is 1.01. The number of urea groups is 1. The number of nitrogens with one attached hydrogen (secondary N) is 1. The van der Waals surface area contributed by atoms with Crippen molar-refractivity contribution in [2.24, 2.45) is 0 Å². The molecule has 1 saturated heterocycles. The Kier molecular flexibility index (Phi) is 5.03. The molecular weight excluding hydrogens is 314 g/mol. The molecule has 0 radical (unpaired) electrons. The number of hydrogen-bond acceptors (Lipinski definition) is 2. The Morgan fingerprint density at radius 2 is 1.72 bits per heavy atom. The molecule has 0 aliphatic carbocycles. The minimum atomic E-state index is -0.0910. The summed E-state index contributed by atoms with van der Waals surface area (Å²) in [5.41, 5.74) is 3.83. The van der Waals surface area contributed by atoms with E-state index in [9.17, 15) is 9.59 Å². The highest BCUT2D eigenvalue weighted by molar-refractivity contribution is 5.96. The molecule has 1 aliphatic heterocycles. The van der Waals surface area contributed by atoms with Gasteiger partial charge in [0.25, 0.3) is 5.91 Å². The normalized spacial score (nSPS) is 13.7.